The molecule has 4 nitrogen and oxygen atoms in total. The molecule has 0 bridgehead atoms. The fourth-order valence-electron chi connectivity index (χ4n) is 1.98. The summed E-state index contributed by atoms with van der Waals surface area (Å²) in [6.45, 7) is 1.98. The molecule has 2 unspecified atom stereocenters. The molecule has 84 valence electrons. The molecule has 0 spiro atoms. The molecule has 0 amide bonds. The summed E-state index contributed by atoms with van der Waals surface area (Å²) in [5.41, 5.74) is 0. The van der Waals surface area contributed by atoms with Crippen LogP contribution in [0.3, 0.4) is 0 Å². The summed E-state index contributed by atoms with van der Waals surface area (Å²) < 4.78 is 4.55. The lowest BCUT2D eigenvalue weighted by Crippen LogP contribution is -2.37. The lowest BCUT2D eigenvalue weighted by Gasteiger charge is -2.24. The fourth-order valence-corrected chi connectivity index (χ4v) is 1.98. The number of rotatable bonds is 3. The zero-order valence-electron chi connectivity index (χ0n) is 9.12. The van der Waals surface area contributed by atoms with Crippen LogP contribution in [0.4, 0.5) is 0 Å². The molecular weight excluding hydrogens is 196 g/mol. The number of carbonyl (C=O) groups is 3. The Morgan fingerprint density at radius 1 is 1.40 bits per heavy atom. The minimum Gasteiger partial charge on any atom is -0.468 e. The Labute approximate surface area is 89.0 Å². The lowest BCUT2D eigenvalue weighted by molar-refractivity contribution is -0.152. The molecule has 0 radical (unpaired) electrons. The van der Waals surface area contributed by atoms with Gasteiger partial charge in [-0.2, -0.15) is 0 Å². The Hall–Kier alpha value is -1.19. The van der Waals surface area contributed by atoms with Crippen LogP contribution in [-0.2, 0) is 19.1 Å². The minimum atomic E-state index is -0.718. The number of hydrogen-bond acceptors (Lipinski definition) is 4. The Morgan fingerprint density at radius 2 is 2.07 bits per heavy atom. The molecule has 2 atom stereocenters. The van der Waals surface area contributed by atoms with Gasteiger partial charge >= 0.3 is 5.97 Å². The van der Waals surface area contributed by atoms with Gasteiger partial charge in [0.05, 0.1) is 13.5 Å². The van der Waals surface area contributed by atoms with Crippen molar-refractivity contribution in [3.05, 3.63) is 0 Å². The molecule has 0 heterocycles. The second-order valence-corrected chi connectivity index (χ2v) is 3.91. The number of ether oxygens (including phenoxy) is 1. The third-order valence-electron chi connectivity index (χ3n) is 2.84. The topological polar surface area (TPSA) is 60.4 Å². The van der Waals surface area contributed by atoms with Crippen molar-refractivity contribution in [2.45, 2.75) is 32.6 Å². The van der Waals surface area contributed by atoms with Crippen LogP contribution in [0.2, 0.25) is 0 Å². The molecule has 15 heavy (non-hydrogen) atoms. The molecule has 0 aromatic rings. The largest absolute Gasteiger partial charge is 0.468 e. The Bertz CT molecular complexity index is 280. The summed E-state index contributed by atoms with van der Waals surface area (Å²) in [5.74, 6) is -1.68. The van der Waals surface area contributed by atoms with Crippen LogP contribution in [0.1, 0.15) is 32.6 Å². The van der Waals surface area contributed by atoms with Crippen molar-refractivity contribution >= 4 is 17.5 Å². The van der Waals surface area contributed by atoms with Crippen molar-refractivity contribution < 1.29 is 19.1 Å². The maximum Gasteiger partial charge on any atom is 0.316 e. The average Bonchev–Trinajstić information content (AvgIpc) is 2.21. The summed E-state index contributed by atoms with van der Waals surface area (Å²) in [5, 5.41) is 0. The van der Waals surface area contributed by atoms with Crippen molar-refractivity contribution in [1.29, 1.82) is 0 Å². The fraction of sp³-hybridized carbons (Fsp3) is 0.727. The van der Waals surface area contributed by atoms with Crippen LogP contribution < -0.4 is 0 Å². The van der Waals surface area contributed by atoms with Crippen molar-refractivity contribution in [2.24, 2.45) is 11.8 Å². The molecule has 0 aromatic heterocycles. The maximum atomic E-state index is 11.5. The van der Waals surface area contributed by atoms with Crippen LogP contribution in [0.15, 0.2) is 0 Å². The Kier molecular flexibility index (Phi) is 4.00. The zero-order chi connectivity index (χ0) is 11.4. The van der Waals surface area contributed by atoms with Gasteiger partial charge in [-0.25, -0.2) is 0 Å². The van der Waals surface area contributed by atoms with Crippen LogP contribution in [0, 0.1) is 11.8 Å². The van der Waals surface area contributed by atoms with E-state index in [1.807, 2.05) is 6.92 Å². The summed E-state index contributed by atoms with van der Waals surface area (Å²) in [6.07, 6.45) is 1.86. The summed E-state index contributed by atoms with van der Waals surface area (Å²) >= 11 is 0. The lowest BCUT2D eigenvalue weighted by atomic mass is 9.78. The van der Waals surface area contributed by atoms with Crippen molar-refractivity contribution in [2.75, 3.05) is 7.11 Å². The first-order valence-electron chi connectivity index (χ1n) is 5.23. The first kappa shape index (κ1) is 11.9. The van der Waals surface area contributed by atoms with Gasteiger partial charge < -0.3 is 4.74 Å². The number of esters is 1. The molecular formula is C11H16O4. The third kappa shape index (κ3) is 2.64. The maximum absolute atomic E-state index is 11.5. The van der Waals surface area contributed by atoms with E-state index in [4.69, 9.17) is 0 Å². The van der Waals surface area contributed by atoms with Gasteiger partial charge in [0.25, 0.3) is 0 Å². The normalized spacial score (nSPS) is 26.5. The van der Waals surface area contributed by atoms with E-state index in [0.29, 0.717) is 6.42 Å². The number of ketones is 2. The molecule has 1 rings (SSSR count). The van der Waals surface area contributed by atoms with E-state index in [2.05, 4.69) is 4.74 Å². The zero-order valence-corrected chi connectivity index (χ0v) is 9.12. The quantitative estimate of drug-likeness (QED) is 0.519. The highest BCUT2D eigenvalue weighted by atomic mass is 16.5. The van der Waals surface area contributed by atoms with Gasteiger partial charge in [0, 0.05) is 5.92 Å². The third-order valence-corrected chi connectivity index (χ3v) is 2.84. The van der Waals surface area contributed by atoms with Gasteiger partial charge in [-0.1, -0.05) is 13.3 Å². The number of methoxy groups -OCH3 is 1. The highest BCUT2D eigenvalue weighted by molar-refractivity contribution is 6.10. The van der Waals surface area contributed by atoms with E-state index < -0.39 is 11.9 Å². The van der Waals surface area contributed by atoms with E-state index in [0.717, 1.165) is 12.8 Å². The van der Waals surface area contributed by atoms with Crippen LogP contribution in [0.25, 0.3) is 0 Å². The van der Waals surface area contributed by atoms with Gasteiger partial charge in [0.2, 0.25) is 0 Å². The SMILES string of the molecule is CCCC1CC(C(=O)OC)C(=O)CC1=O. The standard InChI is InChI=1S/C11H16O4/c1-3-4-7-5-8(11(14)15-2)10(13)6-9(7)12/h7-8H,3-6H2,1-2H3. The molecule has 1 aliphatic rings. The van der Waals surface area contributed by atoms with E-state index >= 15 is 0 Å². The molecule has 0 N–H and O–H groups in total. The predicted molar refractivity (Wildman–Crippen MR) is 53.2 cm³/mol. The smallest absolute Gasteiger partial charge is 0.316 e. The summed E-state index contributed by atoms with van der Waals surface area (Å²) in [6, 6.07) is 0. The first-order valence-corrected chi connectivity index (χ1v) is 5.23. The van der Waals surface area contributed by atoms with Crippen molar-refractivity contribution in [1.82, 2.24) is 0 Å². The van der Waals surface area contributed by atoms with Crippen LogP contribution >= 0.6 is 0 Å². The molecule has 1 aliphatic carbocycles. The second kappa shape index (κ2) is 5.05. The Morgan fingerprint density at radius 3 is 2.60 bits per heavy atom. The number of carbonyl (C=O) groups excluding carboxylic acids is 3. The van der Waals surface area contributed by atoms with E-state index in [1.54, 1.807) is 0 Å². The monoisotopic (exact) mass is 212 g/mol. The van der Waals surface area contributed by atoms with Crippen LogP contribution in [0.5, 0.6) is 0 Å². The Balaban J connectivity index is 2.70. The number of Topliss-reactive ketones (excluding diaryl/α,β-unsaturated/α-hetero) is 2. The van der Waals surface area contributed by atoms with Gasteiger partial charge in [0.15, 0.2) is 5.78 Å². The number of hydrogen-bond donors (Lipinski definition) is 0. The van der Waals surface area contributed by atoms with Crippen LogP contribution in [-0.4, -0.2) is 24.6 Å². The van der Waals surface area contributed by atoms with Crippen molar-refractivity contribution in [3.63, 3.8) is 0 Å². The van der Waals surface area contributed by atoms with Gasteiger partial charge in [-0.05, 0) is 12.8 Å². The van der Waals surface area contributed by atoms with Crippen molar-refractivity contribution in [3.8, 4) is 0 Å². The molecule has 0 aliphatic heterocycles. The molecule has 1 fully saturated rings. The van der Waals surface area contributed by atoms with E-state index in [9.17, 15) is 14.4 Å². The highest BCUT2D eigenvalue weighted by Crippen LogP contribution is 2.27. The molecule has 4 heteroatoms. The summed E-state index contributed by atoms with van der Waals surface area (Å²) in [4.78, 5) is 34.2. The second-order valence-electron chi connectivity index (χ2n) is 3.91. The van der Waals surface area contributed by atoms with Gasteiger partial charge in [-0.3, -0.25) is 14.4 Å². The average molecular weight is 212 g/mol. The molecule has 0 saturated heterocycles. The highest BCUT2D eigenvalue weighted by Gasteiger charge is 2.38. The predicted octanol–water partition coefficient (Wildman–Crippen LogP) is 1.12. The van der Waals surface area contributed by atoms with E-state index in [-0.39, 0.29) is 23.9 Å². The molecule has 1 saturated carbocycles. The van der Waals surface area contributed by atoms with Gasteiger partial charge in [-0.15, -0.1) is 0 Å². The molecule has 0 aromatic carbocycles. The first-order chi connectivity index (χ1) is 7.10. The minimum absolute atomic E-state index is 0.0259. The van der Waals surface area contributed by atoms with E-state index in [1.165, 1.54) is 7.11 Å². The summed E-state index contributed by atoms with van der Waals surface area (Å²) in [7, 11) is 1.26. The van der Waals surface area contributed by atoms with Gasteiger partial charge in [0.1, 0.15) is 11.7 Å².